The predicted molar refractivity (Wildman–Crippen MR) is 89.6 cm³/mol. The fourth-order valence-electron chi connectivity index (χ4n) is 2.79. The zero-order valence-corrected chi connectivity index (χ0v) is 14.4. The van der Waals surface area contributed by atoms with E-state index in [1.165, 1.54) is 6.42 Å². The fraction of sp³-hybridized carbons (Fsp3) is 0.533. The molecule has 1 aliphatic heterocycles. The van der Waals surface area contributed by atoms with Crippen molar-refractivity contribution >= 4 is 46.4 Å². The van der Waals surface area contributed by atoms with Crippen LogP contribution in [0.25, 0.3) is 0 Å². The van der Waals surface area contributed by atoms with Gasteiger partial charge in [-0.3, -0.25) is 9.69 Å². The standard InChI is InChI=1S/C15H19Cl3N2O/c1-9-4-3-5-10(2)20(9)8-14(21)19-15-12(17)6-11(16)7-13(15)18/h6-7,9-10H,3-5,8H2,1-2H3,(H,19,21). The van der Waals surface area contributed by atoms with E-state index in [4.69, 9.17) is 34.8 Å². The Morgan fingerprint density at radius 3 is 2.24 bits per heavy atom. The molecule has 116 valence electrons. The number of carbonyl (C=O) groups is 1. The van der Waals surface area contributed by atoms with Gasteiger partial charge in [0.05, 0.1) is 22.3 Å². The van der Waals surface area contributed by atoms with Crippen molar-refractivity contribution < 1.29 is 4.79 Å². The van der Waals surface area contributed by atoms with Crippen molar-refractivity contribution in [1.29, 1.82) is 0 Å². The molecule has 1 fully saturated rings. The lowest BCUT2D eigenvalue weighted by Crippen LogP contribution is -2.47. The van der Waals surface area contributed by atoms with E-state index >= 15 is 0 Å². The van der Waals surface area contributed by atoms with E-state index in [1.807, 2.05) is 0 Å². The van der Waals surface area contributed by atoms with Crippen LogP contribution in [0.3, 0.4) is 0 Å². The number of nitrogens with zero attached hydrogens (tertiary/aromatic N) is 1. The van der Waals surface area contributed by atoms with Crippen LogP contribution < -0.4 is 5.32 Å². The zero-order chi connectivity index (χ0) is 15.6. The molecule has 2 unspecified atom stereocenters. The first-order valence-corrected chi connectivity index (χ1v) is 8.22. The van der Waals surface area contributed by atoms with E-state index < -0.39 is 0 Å². The molecule has 0 radical (unpaired) electrons. The molecule has 1 aromatic carbocycles. The van der Waals surface area contributed by atoms with Gasteiger partial charge in [-0.1, -0.05) is 41.2 Å². The molecule has 1 aliphatic rings. The van der Waals surface area contributed by atoms with Crippen LogP contribution in [0.4, 0.5) is 5.69 Å². The fourth-order valence-corrected chi connectivity index (χ4v) is 3.70. The van der Waals surface area contributed by atoms with Gasteiger partial charge in [0.25, 0.3) is 0 Å². The first-order valence-electron chi connectivity index (χ1n) is 7.08. The molecule has 3 nitrogen and oxygen atoms in total. The van der Waals surface area contributed by atoms with Crippen LogP contribution in [0.15, 0.2) is 12.1 Å². The third-order valence-corrected chi connectivity index (χ3v) is 4.79. The van der Waals surface area contributed by atoms with Crippen LogP contribution in [0, 0.1) is 0 Å². The Bertz CT molecular complexity index is 503. The summed E-state index contributed by atoms with van der Waals surface area (Å²) in [6.45, 7) is 4.66. The van der Waals surface area contributed by atoms with E-state index in [1.54, 1.807) is 12.1 Å². The molecular formula is C15H19Cl3N2O. The van der Waals surface area contributed by atoms with Crippen molar-refractivity contribution in [3.63, 3.8) is 0 Å². The van der Waals surface area contributed by atoms with Crippen molar-refractivity contribution in [1.82, 2.24) is 4.90 Å². The van der Waals surface area contributed by atoms with Crippen molar-refractivity contribution in [2.45, 2.75) is 45.2 Å². The van der Waals surface area contributed by atoms with E-state index in [2.05, 4.69) is 24.1 Å². The molecule has 21 heavy (non-hydrogen) atoms. The molecule has 0 aliphatic carbocycles. The lowest BCUT2D eigenvalue weighted by atomic mass is 9.97. The monoisotopic (exact) mass is 348 g/mol. The first kappa shape index (κ1) is 16.9. The van der Waals surface area contributed by atoms with Gasteiger partial charge in [-0.25, -0.2) is 0 Å². The minimum Gasteiger partial charge on any atom is -0.322 e. The van der Waals surface area contributed by atoms with Crippen molar-refractivity contribution in [3.8, 4) is 0 Å². The van der Waals surface area contributed by atoms with Gasteiger partial charge in [-0.05, 0) is 38.8 Å². The molecule has 0 saturated carbocycles. The van der Waals surface area contributed by atoms with Crippen LogP contribution in [0.1, 0.15) is 33.1 Å². The normalized spacial score (nSPS) is 23.1. The number of anilines is 1. The van der Waals surface area contributed by atoms with Crippen LogP contribution in [-0.2, 0) is 4.79 Å². The Balaban J connectivity index is 2.05. The maximum atomic E-state index is 12.3. The Morgan fingerprint density at radius 2 is 1.71 bits per heavy atom. The summed E-state index contributed by atoms with van der Waals surface area (Å²) in [6, 6.07) is 3.96. The zero-order valence-electron chi connectivity index (χ0n) is 12.1. The van der Waals surface area contributed by atoms with Gasteiger partial charge in [0.1, 0.15) is 0 Å². The minimum absolute atomic E-state index is 0.110. The van der Waals surface area contributed by atoms with Crippen LogP contribution in [0.5, 0.6) is 0 Å². The number of amides is 1. The van der Waals surface area contributed by atoms with Gasteiger partial charge in [0, 0.05) is 17.1 Å². The smallest absolute Gasteiger partial charge is 0.238 e. The molecule has 1 saturated heterocycles. The maximum absolute atomic E-state index is 12.3. The van der Waals surface area contributed by atoms with E-state index in [9.17, 15) is 4.79 Å². The van der Waals surface area contributed by atoms with Crippen molar-refractivity contribution in [2.75, 3.05) is 11.9 Å². The SMILES string of the molecule is CC1CCCC(C)N1CC(=O)Nc1c(Cl)cc(Cl)cc1Cl. The van der Waals surface area contributed by atoms with Crippen molar-refractivity contribution in [3.05, 3.63) is 27.2 Å². The van der Waals surface area contributed by atoms with Crippen LogP contribution >= 0.6 is 34.8 Å². The molecule has 2 rings (SSSR count). The van der Waals surface area contributed by atoms with Gasteiger partial charge in [0.2, 0.25) is 5.91 Å². The molecule has 1 aromatic rings. The average molecular weight is 350 g/mol. The molecule has 0 spiro atoms. The number of halogens is 3. The Kier molecular flexibility index (Phi) is 5.78. The highest BCUT2D eigenvalue weighted by molar-refractivity contribution is 6.42. The highest BCUT2D eigenvalue weighted by Crippen LogP contribution is 2.33. The predicted octanol–water partition coefficient (Wildman–Crippen LogP) is 4.85. The van der Waals surface area contributed by atoms with Gasteiger partial charge in [-0.15, -0.1) is 0 Å². The number of hydrogen-bond acceptors (Lipinski definition) is 2. The second-order valence-corrected chi connectivity index (χ2v) is 6.84. The maximum Gasteiger partial charge on any atom is 0.238 e. The first-order chi connectivity index (χ1) is 9.88. The number of likely N-dealkylation sites (tertiary alicyclic amines) is 1. The number of rotatable bonds is 3. The number of piperidine rings is 1. The third kappa shape index (κ3) is 4.26. The summed E-state index contributed by atoms with van der Waals surface area (Å²) in [5, 5.41) is 3.93. The lowest BCUT2D eigenvalue weighted by molar-refractivity contribution is -0.118. The molecule has 2 atom stereocenters. The summed E-state index contributed by atoms with van der Waals surface area (Å²) < 4.78 is 0. The third-order valence-electron chi connectivity index (χ3n) is 3.97. The molecule has 6 heteroatoms. The molecule has 0 bridgehead atoms. The van der Waals surface area contributed by atoms with Gasteiger partial charge in [-0.2, -0.15) is 0 Å². The summed E-state index contributed by atoms with van der Waals surface area (Å²) in [7, 11) is 0. The molecule has 1 N–H and O–H groups in total. The van der Waals surface area contributed by atoms with Crippen molar-refractivity contribution in [2.24, 2.45) is 0 Å². The minimum atomic E-state index is -0.110. The summed E-state index contributed by atoms with van der Waals surface area (Å²) in [6.07, 6.45) is 3.47. The topological polar surface area (TPSA) is 32.3 Å². The van der Waals surface area contributed by atoms with Gasteiger partial charge in [0.15, 0.2) is 0 Å². The quantitative estimate of drug-likeness (QED) is 0.846. The van der Waals surface area contributed by atoms with Crippen LogP contribution in [0.2, 0.25) is 15.1 Å². The summed E-state index contributed by atoms with van der Waals surface area (Å²) >= 11 is 18.0. The highest BCUT2D eigenvalue weighted by atomic mass is 35.5. The lowest BCUT2D eigenvalue weighted by Gasteiger charge is -2.38. The van der Waals surface area contributed by atoms with Gasteiger partial charge >= 0.3 is 0 Å². The number of carbonyl (C=O) groups excluding carboxylic acids is 1. The van der Waals surface area contributed by atoms with E-state index in [0.29, 0.717) is 39.4 Å². The second-order valence-electron chi connectivity index (χ2n) is 5.59. The largest absolute Gasteiger partial charge is 0.322 e. The Labute approximate surface area is 140 Å². The average Bonchev–Trinajstić information content (AvgIpc) is 2.38. The Morgan fingerprint density at radius 1 is 1.19 bits per heavy atom. The van der Waals surface area contributed by atoms with Gasteiger partial charge < -0.3 is 5.32 Å². The highest BCUT2D eigenvalue weighted by Gasteiger charge is 2.26. The van der Waals surface area contributed by atoms with E-state index in [0.717, 1.165) is 12.8 Å². The molecular weight excluding hydrogens is 331 g/mol. The molecule has 0 aromatic heterocycles. The number of hydrogen-bond donors (Lipinski definition) is 1. The van der Waals surface area contributed by atoms with Crippen LogP contribution in [-0.4, -0.2) is 29.4 Å². The molecule has 1 amide bonds. The van der Waals surface area contributed by atoms with E-state index in [-0.39, 0.29) is 5.91 Å². The summed E-state index contributed by atoms with van der Waals surface area (Å²) in [4.78, 5) is 14.5. The molecule has 1 heterocycles. The summed E-state index contributed by atoms with van der Waals surface area (Å²) in [5.41, 5.74) is 0.421. The second kappa shape index (κ2) is 7.19. The summed E-state index contributed by atoms with van der Waals surface area (Å²) in [5.74, 6) is -0.110. The Hall–Kier alpha value is -0.480. The number of nitrogens with one attached hydrogen (secondary N) is 1. The number of benzene rings is 1.